The lowest BCUT2D eigenvalue weighted by Crippen LogP contribution is -2.36. The summed E-state index contributed by atoms with van der Waals surface area (Å²) in [5.41, 5.74) is 0.773. The summed E-state index contributed by atoms with van der Waals surface area (Å²) < 4.78 is 25.7. The summed E-state index contributed by atoms with van der Waals surface area (Å²) in [6, 6.07) is 0. The van der Waals surface area contributed by atoms with Crippen LogP contribution in [0.1, 0.15) is 56.9 Å². The molecular weight excluding hydrogens is 493 g/mol. The molecule has 0 fully saturated rings. The SMILES string of the molecule is CC1=C[C@@H](O)C[C@@H](F)Cc2nc(co2)C(=O)N2CCC=C2C(=O)OC(C(C)C)[C@H](C)/C=C/C(=O)NCC=C1. The van der Waals surface area contributed by atoms with Crippen LogP contribution in [0.2, 0.25) is 0 Å². The van der Waals surface area contributed by atoms with E-state index in [1.807, 2.05) is 20.8 Å². The highest BCUT2D eigenvalue weighted by Crippen LogP contribution is 2.25. The van der Waals surface area contributed by atoms with Crippen LogP contribution in [0.5, 0.6) is 0 Å². The number of carbonyl (C=O) groups excluding carboxylic acids is 3. The molecule has 2 aliphatic heterocycles. The number of hydrogen-bond donors (Lipinski definition) is 2. The minimum absolute atomic E-state index is 0.0237. The summed E-state index contributed by atoms with van der Waals surface area (Å²) in [6.45, 7) is 7.96. The smallest absolute Gasteiger partial charge is 0.355 e. The highest BCUT2D eigenvalue weighted by molar-refractivity contribution is 6.00. The molecule has 38 heavy (non-hydrogen) atoms. The molecule has 0 aliphatic carbocycles. The number of carbonyl (C=O) groups is 3. The lowest BCUT2D eigenvalue weighted by molar-refractivity contribution is -0.149. The van der Waals surface area contributed by atoms with Crippen LogP contribution in [-0.4, -0.2) is 64.2 Å². The average Bonchev–Trinajstić information content (AvgIpc) is 3.52. The Bertz CT molecular complexity index is 1140. The van der Waals surface area contributed by atoms with E-state index in [1.165, 1.54) is 17.1 Å². The van der Waals surface area contributed by atoms with Gasteiger partial charge in [-0.2, -0.15) is 0 Å². The van der Waals surface area contributed by atoms with Crippen LogP contribution < -0.4 is 5.32 Å². The molecule has 4 atom stereocenters. The number of cyclic esters (lactones) is 1. The summed E-state index contributed by atoms with van der Waals surface area (Å²) in [4.78, 5) is 43.9. The second kappa shape index (κ2) is 13.3. The van der Waals surface area contributed by atoms with Gasteiger partial charge in [-0.25, -0.2) is 14.2 Å². The Labute approximate surface area is 222 Å². The van der Waals surface area contributed by atoms with Crippen molar-refractivity contribution in [2.45, 2.75) is 65.3 Å². The van der Waals surface area contributed by atoms with Gasteiger partial charge >= 0.3 is 5.97 Å². The largest absolute Gasteiger partial charge is 0.457 e. The first-order valence-electron chi connectivity index (χ1n) is 12.9. The van der Waals surface area contributed by atoms with Gasteiger partial charge in [-0.15, -0.1) is 0 Å². The van der Waals surface area contributed by atoms with Crippen molar-refractivity contribution in [1.29, 1.82) is 0 Å². The first kappa shape index (κ1) is 29.0. The molecule has 10 heteroatoms. The van der Waals surface area contributed by atoms with Crippen molar-refractivity contribution in [3.63, 3.8) is 0 Å². The summed E-state index contributed by atoms with van der Waals surface area (Å²) in [5.74, 6) is -1.81. The average molecular weight is 530 g/mol. The second-order valence-electron chi connectivity index (χ2n) is 9.96. The summed E-state index contributed by atoms with van der Waals surface area (Å²) in [7, 11) is 0. The fourth-order valence-electron chi connectivity index (χ4n) is 4.41. The number of halogens is 1. The Morgan fingerprint density at radius 1 is 1.24 bits per heavy atom. The van der Waals surface area contributed by atoms with E-state index in [0.717, 1.165) is 6.26 Å². The van der Waals surface area contributed by atoms with Crippen molar-refractivity contribution in [3.8, 4) is 0 Å². The predicted molar refractivity (Wildman–Crippen MR) is 138 cm³/mol. The number of ether oxygens (including phenoxy) is 1. The Kier molecular flexibility index (Phi) is 10.2. The number of aliphatic hydroxyl groups excluding tert-OH is 1. The molecule has 0 radical (unpaired) electrons. The van der Waals surface area contributed by atoms with Gasteiger partial charge in [-0.1, -0.05) is 56.7 Å². The maximum absolute atomic E-state index is 14.6. The summed E-state index contributed by atoms with van der Waals surface area (Å²) >= 11 is 0. The number of aromatic nitrogens is 1. The molecular formula is C28H36FN3O6. The van der Waals surface area contributed by atoms with Crippen LogP contribution in [0.25, 0.3) is 0 Å². The number of hydrogen-bond acceptors (Lipinski definition) is 7. The molecule has 3 rings (SSSR count). The lowest BCUT2D eigenvalue weighted by Gasteiger charge is -2.27. The number of amides is 2. The number of oxazole rings is 1. The maximum Gasteiger partial charge on any atom is 0.355 e. The number of alkyl halides is 1. The third kappa shape index (κ3) is 7.98. The number of nitrogens with zero attached hydrogens (tertiary/aromatic N) is 2. The standard InChI is InChI=1S/C28H36FN3O6/c1-17(2)26-19(4)9-10-24(34)30-11-5-7-18(3)13-21(33)14-20(29)15-25-31-22(16-37-25)27(35)32-12-6-8-23(32)28(36)38-26/h5,7-10,13,16-17,19-21,26,33H,6,11-12,14-15H2,1-4H3,(H,30,34)/b7-5?,10-9+,18-13?/t19-,20-,21-,26?/m1/s1. The van der Waals surface area contributed by atoms with Gasteiger partial charge in [-0.05, 0) is 25.3 Å². The number of allylic oxidation sites excluding steroid dienone is 2. The molecule has 0 saturated carbocycles. The van der Waals surface area contributed by atoms with Gasteiger partial charge in [0.25, 0.3) is 5.91 Å². The molecule has 206 valence electrons. The van der Waals surface area contributed by atoms with Crippen molar-refractivity contribution in [1.82, 2.24) is 15.2 Å². The van der Waals surface area contributed by atoms with Crippen LogP contribution in [0.4, 0.5) is 4.39 Å². The van der Waals surface area contributed by atoms with Crippen LogP contribution in [0.15, 0.2) is 58.4 Å². The second-order valence-corrected chi connectivity index (χ2v) is 9.96. The van der Waals surface area contributed by atoms with Gasteiger partial charge in [0.05, 0.1) is 12.5 Å². The van der Waals surface area contributed by atoms with Gasteiger partial charge < -0.3 is 24.5 Å². The van der Waals surface area contributed by atoms with Crippen molar-refractivity contribution < 1.29 is 33.0 Å². The van der Waals surface area contributed by atoms with Crippen LogP contribution in [-0.2, 0) is 20.7 Å². The van der Waals surface area contributed by atoms with Crippen molar-refractivity contribution in [2.75, 3.05) is 13.1 Å². The molecule has 1 unspecified atom stereocenters. The van der Waals surface area contributed by atoms with Gasteiger partial charge in [0.2, 0.25) is 5.91 Å². The quantitative estimate of drug-likeness (QED) is 0.535. The van der Waals surface area contributed by atoms with Crippen LogP contribution in [0.3, 0.4) is 0 Å². The van der Waals surface area contributed by atoms with E-state index in [1.54, 1.807) is 31.2 Å². The first-order valence-corrected chi connectivity index (χ1v) is 12.9. The van der Waals surface area contributed by atoms with Gasteiger partial charge in [-0.3, -0.25) is 9.59 Å². The molecule has 2 aliphatic rings. The highest BCUT2D eigenvalue weighted by Gasteiger charge is 2.33. The highest BCUT2D eigenvalue weighted by atomic mass is 19.1. The van der Waals surface area contributed by atoms with E-state index in [9.17, 15) is 23.9 Å². The van der Waals surface area contributed by atoms with E-state index >= 15 is 0 Å². The van der Waals surface area contributed by atoms with Crippen LogP contribution >= 0.6 is 0 Å². The molecule has 2 bridgehead atoms. The maximum atomic E-state index is 14.6. The molecule has 1 aromatic rings. The Morgan fingerprint density at radius 3 is 2.74 bits per heavy atom. The van der Waals surface area contributed by atoms with Crippen molar-refractivity contribution in [2.24, 2.45) is 11.8 Å². The third-order valence-corrected chi connectivity index (χ3v) is 6.30. The Morgan fingerprint density at radius 2 is 2.00 bits per heavy atom. The van der Waals surface area contributed by atoms with Crippen molar-refractivity contribution in [3.05, 3.63) is 65.6 Å². The predicted octanol–water partition coefficient (Wildman–Crippen LogP) is 3.43. The monoisotopic (exact) mass is 529 g/mol. The van der Waals surface area contributed by atoms with Crippen LogP contribution in [0, 0.1) is 11.8 Å². The summed E-state index contributed by atoms with van der Waals surface area (Å²) in [5, 5.41) is 13.0. The van der Waals surface area contributed by atoms with Gasteiger partial charge in [0, 0.05) is 25.4 Å². The molecule has 2 N–H and O–H groups in total. The van der Waals surface area contributed by atoms with E-state index in [4.69, 9.17) is 9.15 Å². The molecule has 0 saturated heterocycles. The zero-order chi connectivity index (χ0) is 27.8. The molecule has 1 aromatic heterocycles. The van der Waals surface area contributed by atoms with Gasteiger partial charge in [0.1, 0.15) is 24.2 Å². The molecule has 0 spiro atoms. The minimum atomic E-state index is -1.46. The van der Waals surface area contributed by atoms with E-state index < -0.39 is 30.3 Å². The molecule has 9 nitrogen and oxygen atoms in total. The first-order chi connectivity index (χ1) is 18.0. The fourth-order valence-corrected chi connectivity index (χ4v) is 4.41. The van der Waals surface area contributed by atoms with Crippen molar-refractivity contribution >= 4 is 17.8 Å². The number of nitrogens with one attached hydrogen (secondary N) is 1. The molecule has 2 amide bonds. The topological polar surface area (TPSA) is 122 Å². The van der Waals surface area contributed by atoms with E-state index in [2.05, 4.69) is 10.3 Å². The fraction of sp³-hybridized carbons (Fsp3) is 0.500. The number of fused-ring (bicyclic) bond motifs is 3. The lowest BCUT2D eigenvalue weighted by atomic mass is 9.94. The van der Waals surface area contributed by atoms with E-state index in [-0.39, 0.29) is 61.0 Å². The summed E-state index contributed by atoms with van der Waals surface area (Å²) in [6.07, 6.45) is 7.87. The molecule has 3 heterocycles. The molecule has 0 aromatic carbocycles. The van der Waals surface area contributed by atoms with E-state index in [0.29, 0.717) is 12.0 Å². The zero-order valence-electron chi connectivity index (χ0n) is 22.2. The third-order valence-electron chi connectivity index (χ3n) is 6.30. The zero-order valence-corrected chi connectivity index (χ0v) is 22.2. The number of aliphatic hydroxyl groups is 1. The normalized spacial score (nSPS) is 27.3. The minimum Gasteiger partial charge on any atom is -0.457 e. The van der Waals surface area contributed by atoms with Gasteiger partial charge in [0.15, 0.2) is 11.6 Å². The Hall–Kier alpha value is -3.53. The number of rotatable bonds is 1. The number of esters is 1. The Balaban J connectivity index is 1.86.